The van der Waals surface area contributed by atoms with Crippen LogP contribution in [0.4, 0.5) is 0 Å². The number of rotatable bonds is 4. The predicted octanol–water partition coefficient (Wildman–Crippen LogP) is 2.02. The number of imidazole rings is 1. The van der Waals surface area contributed by atoms with E-state index >= 15 is 0 Å². The molecule has 0 N–H and O–H groups in total. The van der Waals surface area contributed by atoms with E-state index in [9.17, 15) is 4.79 Å². The van der Waals surface area contributed by atoms with Crippen LogP contribution in [0, 0.1) is 5.92 Å². The lowest BCUT2D eigenvalue weighted by Crippen LogP contribution is -2.25. The minimum atomic E-state index is 0.153. The molecule has 1 aromatic heterocycles. The second kappa shape index (κ2) is 3.93. The van der Waals surface area contributed by atoms with Crippen molar-refractivity contribution in [2.24, 2.45) is 5.92 Å². The van der Waals surface area contributed by atoms with Crippen molar-refractivity contribution in [3.05, 3.63) is 22.9 Å². The van der Waals surface area contributed by atoms with Gasteiger partial charge in [0, 0.05) is 30.3 Å². The van der Waals surface area contributed by atoms with Crippen molar-refractivity contribution < 1.29 is 0 Å². The number of halogens is 1. The van der Waals surface area contributed by atoms with Crippen LogP contribution < -0.4 is 5.69 Å². The molecule has 0 radical (unpaired) electrons. The Morgan fingerprint density at radius 3 is 2.86 bits per heavy atom. The molecule has 1 aliphatic carbocycles. The SMILES string of the molecule is CC(CBr)Cn1ccn(C2CC2)c1=O. The summed E-state index contributed by atoms with van der Waals surface area (Å²) in [6.45, 7) is 2.94. The highest BCUT2D eigenvalue weighted by Gasteiger charge is 2.25. The molecule has 0 saturated heterocycles. The van der Waals surface area contributed by atoms with Crippen LogP contribution in [0.3, 0.4) is 0 Å². The molecule has 78 valence electrons. The second-order valence-corrected chi connectivity index (χ2v) is 4.78. The lowest BCUT2D eigenvalue weighted by atomic mass is 10.2. The van der Waals surface area contributed by atoms with Gasteiger partial charge in [-0.05, 0) is 18.8 Å². The lowest BCUT2D eigenvalue weighted by molar-refractivity contribution is 0.510. The summed E-state index contributed by atoms with van der Waals surface area (Å²) in [7, 11) is 0. The largest absolute Gasteiger partial charge is 0.328 e. The Balaban J connectivity index is 2.14. The minimum Gasteiger partial charge on any atom is -0.299 e. The van der Waals surface area contributed by atoms with Crippen LogP contribution in [-0.4, -0.2) is 14.5 Å². The first kappa shape index (κ1) is 10.0. The Hall–Kier alpha value is -0.510. The third kappa shape index (κ3) is 1.95. The first-order valence-corrected chi connectivity index (χ1v) is 6.17. The van der Waals surface area contributed by atoms with E-state index in [4.69, 9.17) is 0 Å². The van der Waals surface area contributed by atoms with E-state index in [-0.39, 0.29) is 5.69 Å². The quantitative estimate of drug-likeness (QED) is 0.760. The Bertz CT molecular complexity index is 364. The van der Waals surface area contributed by atoms with E-state index in [1.807, 2.05) is 21.5 Å². The molecular weight excluding hydrogens is 244 g/mol. The summed E-state index contributed by atoms with van der Waals surface area (Å²) in [5, 5.41) is 0.939. The topological polar surface area (TPSA) is 26.9 Å². The molecule has 0 bridgehead atoms. The van der Waals surface area contributed by atoms with Gasteiger partial charge in [-0.1, -0.05) is 22.9 Å². The Kier molecular flexibility index (Phi) is 2.81. The molecule has 2 rings (SSSR count). The molecular formula is C10H15BrN2O. The van der Waals surface area contributed by atoms with Crippen molar-refractivity contribution in [1.82, 2.24) is 9.13 Å². The molecule has 0 aromatic carbocycles. The van der Waals surface area contributed by atoms with Gasteiger partial charge in [-0.15, -0.1) is 0 Å². The van der Waals surface area contributed by atoms with Crippen LogP contribution in [0.2, 0.25) is 0 Å². The highest BCUT2D eigenvalue weighted by atomic mass is 79.9. The van der Waals surface area contributed by atoms with E-state index < -0.39 is 0 Å². The van der Waals surface area contributed by atoms with Crippen molar-refractivity contribution in [2.45, 2.75) is 32.4 Å². The fourth-order valence-corrected chi connectivity index (χ4v) is 1.79. The molecule has 4 heteroatoms. The van der Waals surface area contributed by atoms with E-state index in [2.05, 4.69) is 22.9 Å². The smallest absolute Gasteiger partial charge is 0.299 e. The monoisotopic (exact) mass is 258 g/mol. The van der Waals surface area contributed by atoms with Crippen LogP contribution >= 0.6 is 15.9 Å². The molecule has 3 nitrogen and oxygen atoms in total. The summed E-state index contributed by atoms with van der Waals surface area (Å²) in [5.41, 5.74) is 0.153. The van der Waals surface area contributed by atoms with Gasteiger partial charge in [0.2, 0.25) is 0 Å². The van der Waals surface area contributed by atoms with Crippen molar-refractivity contribution in [3.63, 3.8) is 0 Å². The molecule has 1 saturated carbocycles. The van der Waals surface area contributed by atoms with Crippen molar-refractivity contribution >= 4 is 15.9 Å². The molecule has 14 heavy (non-hydrogen) atoms. The number of hydrogen-bond acceptors (Lipinski definition) is 1. The summed E-state index contributed by atoms with van der Waals surface area (Å²) < 4.78 is 3.67. The maximum Gasteiger partial charge on any atom is 0.328 e. The third-order valence-corrected chi connectivity index (χ3v) is 3.69. The van der Waals surface area contributed by atoms with Crippen molar-refractivity contribution in [3.8, 4) is 0 Å². The van der Waals surface area contributed by atoms with Crippen molar-refractivity contribution in [2.75, 3.05) is 5.33 Å². The highest BCUT2D eigenvalue weighted by Crippen LogP contribution is 2.33. The summed E-state index contributed by atoms with van der Waals surface area (Å²) in [6.07, 6.45) is 6.15. The molecule has 0 spiro atoms. The highest BCUT2D eigenvalue weighted by molar-refractivity contribution is 9.09. The molecule has 0 amide bonds. The standard InChI is InChI=1S/C10H15BrN2O/c1-8(6-11)7-12-4-5-13(10(12)14)9-2-3-9/h4-5,8-9H,2-3,6-7H2,1H3. The van der Waals surface area contributed by atoms with E-state index in [1.165, 1.54) is 0 Å². The first-order valence-electron chi connectivity index (χ1n) is 5.05. The second-order valence-electron chi connectivity index (χ2n) is 4.13. The first-order chi connectivity index (χ1) is 6.72. The maximum atomic E-state index is 11.8. The molecule has 1 unspecified atom stereocenters. The van der Waals surface area contributed by atoms with Crippen molar-refractivity contribution in [1.29, 1.82) is 0 Å². The fraction of sp³-hybridized carbons (Fsp3) is 0.700. The summed E-state index contributed by atoms with van der Waals surface area (Å²) in [5.74, 6) is 0.503. The van der Waals surface area contributed by atoms with Crippen LogP contribution in [0.15, 0.2) is 17.2 Å². The zero-order valence-electron chi connectivity index (χ0n) is 8.32. The average molecular weight is 259 g/mol. The minimum absolute atomic E-state index is 0.153. The third-order valence-electron chi connectivity index (χ3n) is 2.59. The normalized spacial score (nSPS) is 18.4. The molecule has 1 aromatic rings. The maximum absolute atomic E-state index is 11.8. The van der Waals surface area contributed by atoms with E-state index in [0.717, 1.165) is 24.7 Å². The zero-order chi connectivity index (χ0) is 10.1. The Morgan fingerprint density at radius 1 is 1.57 bits per heavy atom. The van der Waals surface area contributed by atoms with Gasteiger partial charge in [-0.25, -0.2) is 4.79 Å². The summed E-state index contributed by atoms with van der Waals surface area (Å²) in [6, 6.07) is 0.489. The molecule has 0 aliphatic heterocycles. The van der Waals surface area contributed by atoms with E-state index in [1.54, 1.807) is 0 Å². The fourth-order valence-electron chi connectivity index (χ4n) is 1.58. The lowest BCUT2D eigenvalue weighted by Gasteiger charge is -2.06. The molecule has 1 atom stereocenters. The average Bonchev–Trinajstić information content (AvgIpc) is 2.95. The van der Waals surface area contributed by atoms with Gasteiger partial charge in [-0.2, -0.15) is 0 Å². The van der Waals surface area contributed by atoms with Crippen LogP contribution in [-0.2, 0) is 6.54 Å². The van der Waals surface area contributed by atoms with Crippen LogP contribution in [0.5, 0.6) is 0 Å². The van der Waals surface area contributed by atoms with Gasteiger partial charge >= 0.3 is 5.69 Å². The Morgan fingerprint density at radius 2 is 2.29 bits per heavy atom. The molecule has 1 heterocycles. The van der Waals surface area contributed by atoms with E-state index in [0.29, 0.717) is 12.0 Å². The number of alkyl halides is 1. The number of aromatic nitrogens is 2. The Labute approximate surface area is 91.9 Å². The predicted molar refractivity (Wildman–Crippen MR) is 59.9 cm³/mol. The number of nitrogens with zero attached hydrogens (tertiary/aromatic N) is 2. The van der Waals surface area contributed by atoms with Gasteiger partial charge in [0.1, 0.15) is 0 Å². The molecule has 1 fully saturated rings. The number of hydrogen-bond donors (Lipinski definition) is 0. The summed E-state index contributed by atoms with van der Waals surface area (Å²) >= 11 is 3.42. The van der Waals surface area contributed by atoms with Gasteiger partial charge in [0.05, 0.1) is 0 Å². The van der Waals surface area contributed by atoms with Crippen LogP contribution in [0.25, 0.3) is 0 Å². The summed E-state index contributed by atoms with van der Waals surface area (Å²) in [4.78, 5) is 11.8. The van der Waals surface area contributed by atoms with Crippen LogP contribution in [0.1, 0.15) is 25.8 Å². The molecule has 1 aliphatic rings. The zero-order valence-corrected chi connectivity index (χ0v) is 9.90. The van der Waals surface area contributed by atoms with Gasteiger partial charge in [-0.3, -0.25) is 9.13 Å². The van der Waals surface area contributed by atoms with Gasteiger partial charge in [0.25, 0.3) is 0 Å². The van der Waals surface area contributed by atoms with Gasteiger partial charge in [0.15, 0.2) is 0 Å². The van der Waals surface area contributed by atoms with Gasteiger partial charge < -0.3 is 0 Å².